The van der Waals surface area contributed by atoms with Crippen molar-refractivity contribution in [2.24, 2.45) is 5.92 Å². The lowest BCUT2D eigenvalue weighted by Crippen LogP contribution is -2.31. The Labute approximate surface area is 125 Å². The Morgan fingerprint density at radius 1 is 1.45 bits per heavy atom. The zero-order valence-electron chi connectivity index (χ0n) is 13.2. The lowest BCUT2D eigenvalue weighted by Gasteiger charge is -2.18. The van der Waals surface area contributed by atoms with Gasteiger partial charge in [0, 0.05) is 12.2 Å². The molecule has 0 heterocycles. The van der Waals surface area contributed by atoms with Crippen molar-refractivity contribution in [1.29, 1.82) is 0 Å². The van der Waals surface area contributed by atoms with E-state index in [4.69, 9.17) is 4.74 Å². The molecule has 2 N–H and O–H groups in total. The van der Waals surface area contributed by atoms with Gasteiger partial charge in [0.15, 0.2) is 0 Å². The van der Waals surface area contributed by atoms with Crippen molar-refractivity contribution in [3.05, 3.63) is 46.3 Å². The molecule has 2 atom stereocenters. The van der Waals surface area contributed by atoms with Crippen molar-refractivity contribution in [3.63, 3.8) is 0 Å². The minimum absolute atomic E-state index is 0.472. The van der Waals surface area contributed by atoms with Crippen LogP contribution in [0.15, 0.2) is 46.3 Å². The molecule has 0 radical (unpaired) electrons. The maximum absolute atomic E-state index is 5.93. The number of rotatable bonds is 5. The second kappa shape index (κ2) is 8.28. The molecule has 1 aliphatic rings. The Morgan fingerprint density at radius 3 is 2.75 bits per heavy atom. The molecular weight excluding hydrogens is 267 g/mol. The van der Waals surface area contributed by atoms with Crippen LogP contribution < -0.4 is 10.9 Å². The van der Waals surface area contributed by atoms with Gasteiger partial charge in [-0.2, -0.15) is 0 Å². The lowest BCUT2D eigenvalue weighted by atomic mass is 10.0. The SMILES string of the molecule is CCNNC1=C/C(C)C/C=C(O/C(C)=C(/C)P)/C=C\1C. The molecule has 0 aromatic rings. The number of nitrogens with one attached hydrogen (secondary N) is 2. The van der Waals surface area contributed by atoms with Gasteiger partial charge < -0.3 is 10.2 Å². The van der Waals surface area contributed by atoms with E-state index in [1.807, 2.05) is 13.8 Å². The zero-order chi connectivity index (χ0) is 15.1. The molecule has 0 spiro atoms. The first-order chi connectivity index (χ1) is 9.43. The summed E-state index contributed by atoms with van der Waals surface area (Å²) in [6.07, 6.45) is 7.47. The fourth-order valence-electron chi connectivity index (χ4n) is 1.79. The summed E-state index contributed by atoms with van der Waals surface area (Å²) >= 11 is 0. The number of allylic oxidation sites excluding steroid dienone is 6. The van der Waals surface area contributed by atoms with Gasteiger partial charge in [-0.05, 0) is 56.1 Å². The smallest absolute Gasteiger partial charge is 0.123 e. The van der Waals surface area contributed by atoms with Crippen molar-refractivity contribution in [2.45, 2.75) is 41.0 Å². The monoisotopic (exact) mass is 294 g/mol. The van der Waals surface area contributed by atoms with E-state index in [9.17, 15) is 0 Å². The topological polar surface area (TPSA) is 33.3 Å². The predicted octanol–water partition coefficient (Wildman–Crippen LogP) is 4.00. The molecule has 20 heavy (non-hydrogen) atoms. The summed E-state index contributed by atoms with van der Waals surface area (Å²) in [5.41, 5.74) is 8.71. The van der Waals surface area contributed by atoms with E-state index in [-0.39, 0.29) is 0 Å². The number of hydrogen-bond acceptors (Lipinski definition) is 3. The third-order valence-electron chi connectivity index (χ3n) is 3.15. The Balaban J connectivity index is 2.95. The molecule has 0 fully saturated rings. The lowest BCUT2D eigenvalue weighted by molar-refractivity contribution is 0.317. The fraction of sp³-hybridized carbons (Fsp3) is 0.500. The predicted molar refractivity (Wildman–Crippen MR) is 89.7 cm³/mol. The van der Waals surface area contributed by atoms with Gasteiger partial charge in [-0.1, -0.05) is 19.9 Å². The molecular formula is C16H27N2OP. The van der Waals surface area contributed by atoms with Crippen LogP contribution in [-0.2, 0) is 4.74 Å². The van der Waals surface area contributed by atoms with Crippen LogP contribution in [0.3, 0.4) is 0 Å². The van der Waals surface area contributed by atoms with Crippen LogP contribution in [-0.4, -0.2) is 6.54 Å². The number of ether oxygens (including phenoxy) is 1. The van der Waals surface area contributed by atoms with Crippen LogP contribution in [0, 0.1) is 5.92 Å². The van der Waals surface area contributed by atoms with Crippen LogP contribution in [0.2, 0.25) is 0 Å². The molecule has 2 unspecified atom stereocenters. The average Bonchev–Trinajstić information content (AvgIpc) is 2.38. The third-order valence-corrected chi connectivity index (χ3v) is 3.56. The maximum Gasteiger partial charge on any atom is 0.123 e. The molecule has 3 nitrogen and oxygen atoms in total. The molecule has 0 aromatic heterocycles. The van der Waals surface area contributed by atoms with Gasteiger partial charge in [-0.25, -0.2) is 5.43 Å². The summed E-state index contributed by atoms with van der Waals surface area (Å²) in [5, 5.41) is 1.12. The van der Waals surface area contributed by atoms with E-state index in [1.165, 1.54) is 0 Å². The van der Waals surface area contributed by atoms with Crippen LogP contribution in [0.5, 0.6) is 0 Å². The van der Waals surface area contributed by atoms with Crippen LogP contribution in [0.25, 0.3) is 0 Å². The third kappa shape index (κ3) is 5.52. The highest BCUT2D eigenvalue weighted by Gasteiger charge is 2.09. The van der Waals surface area contributed by atoms with Gasteiger partial charge in [-0.15, -0.1) is 9.24 Å². The van der Waals surface area contributed by atoms with Gasteiger partial charge in [0.2, 0.25) is 0 Å². The molecule has 0 aromatic carbocycles. The summed E-state index contributed by atoms with van der Waals surface area (Å²) in [6.45, 7) is 11.3. The Bertz CT molecular complexity index is 457. The first-order valence-corrected chi connectivity index (χ1v) is 7.72. The second-order valence-electron chi connectivity index (χ2n) is 5.22. The standard InChI is InChI=1S/C16H27N2OP/c1-6-17-18-16-9-11(2)7-8-15(10-12(16)3)19-13(4)14(5)20/h8-11,17-18H,6-7,20H2,1-5H3/b12-10-,14-13-,15-8-,16-9+. The first-order valence-electron chi connectivity index (χ1n) is 7.14. The summed E-state index contributed by atoms with van der Waals surface area (Å²) in [5.74, 6) is 2.32. The molecule has 0 amide bonds. The second-order valence-corrected chi connectivity index (χ2v) is 6.09. The molecule has 1 aliphatic carbocycles. The van der Waals surface area contributed by atoms with Crippen molar-refractivity contribution in [3.8, 4) is 0 Å². The van der Waals surface area contributed by atoms with Crippen LogP contribution >= 0.6 is 9.24 Å². The highest BCUT2D eigenvalue weighted by atomic mass is 31.0. The average molecular weight is 294 g/mol. The van der Waals surface area contributed by atoms with Gasteiger partial charge in [0.05, 0.1) is 0 Å². The van der Waals surface area contributed by atoms with Crippen molar-refractivity contribution >= 4 is 9.24 Å². The molecule has 112 valence electrons. The highest BCUT2D eigenvalue weighted by Crippen LogP contribution is 2.23. The molecule has 0 bridgehead atoms. The van der Waals surface area contributed by atoms with Gasteiger partial charge in [-0.3, -0.25) is 0 Å². The van der Waals surface area contributed by atoms with E-state index in [0.717, 1.165) is 41.1 Å². The van der Waals surface area contributed by atoms with Crippen molar-refractivity contribution < 1.29 is 4.74 Å². The van der Waals surface area contributed by atoms with Crippen LogP contribution in [0.4, 0.5) is 0 Å². The van der Waals surface area contributed by atoms with Gasteiger partial charge >= 0.3 is 0 Å². The summed E-state index contributed by atoms with van der Waals surface area (Å²) in [4.78, 5) is 0. The molecule has 0 saturated heterocycles. The largest absolute Gasteiger partial charge is 0.462 e. The normalized spacial score (nSPS) is 28.7. The Morgan fingerprint density at radius 2 is 2.15 bits per heavy atom. The van der Waals surface area contributed by atoms with Gasteiger partial charge in [0.25, 0.3) is 0 Å². The quantitative estimate of drug-likeness (QED) is 0.457. The molecule has 4 heteroatoms. The summed E-state index contributed by atoms with van der Waals surface area (Å²) < 4.78 is 5.93. The van der Waals surface area contributed by atoms with E-state index < -0.39 is 0 Å². The molecule has 0 saturated carbocycles. The first kappa shape index (κ1) is 17.0. The Kier molecular flexibility index (Phi) is 7.04. The van der Waals surface area contributed by atoms with Crippen molar-refractivity contribution in [1.82, 2.24) is 10.9 Å². The maximum atomic E-state index is 5.93. The van der Waals surface area contributed by atoms with Gasteiger partial charge in [0.1, 0.15) is 11.5 Å². The minimum atomic E-state index is 0.472. The number of hydrazine groups is 1. The van der Waals surface area contributed by atoms with E-state index in [1.54, 1.807) is 0 Å². The summed E-state index contributed by atoms with van der Waals surface area (Å²) in [6, 6.07) is 0. The van der Waals surface area contributed by atoms with E-state index >= 15 is 0 Å². The zero-order valence-corrected chi connectivity index (χ0v) is 14.4. The fourth-order valence-corrected chi connectivity index (χ4v) is 1.85. The summed E-state index contributed by atoms with van der Waals surface area (Å²) in [7, 11) is 2.68. The minimum Gasteiger partial charge on any atom is -0.462 e. The Hall–Kier alpha value is -1.05. The van der Waals surface area contributed by atoms with E-state index in [2.05, 4.69) is 59.1 Å². The highest BCUT2D eigenvalue weighted by molar-refractivity contribution is 7.22. The molecule has 1 rings (SSSR count). The van der Waals surface area contributed by atoms with E-state index in [0.29, 0.717) is 5.92 Å². The molecule has 0 aliphatic heterocycles. The van der Waals surface area contributed by atoms with Crippen molar-refractivity contribution in [2.75, 3.05) is 6.54 Å². The number of hydrogen-bond donors (Lipinski definition) is 2. The van der Waals surface area contributed by atoms with Crippen LogP contribution in [0.1, 0.15) is 41.0 Å².